The molecule has 0 saturated carbocycles. The summed E-state index contributed by atoms with van der Waals surface area (Å²) in [6.45, 7) is 1.69. The van der Waals surface area contributed by atoms with E-state index >= 15 is 0 Å². The molecule has 0 aromatic heterocycles. The van der Waals surface area contributed by atoms with Gasteiger partial charge in [0.05, 0.1) is 0 Å². The minimum atomic E-state index is -1.09. The highest BCUT2D eigenvalue weighted by atomic mass is 19.1. The van der Waals surface area contributed by atoms with Gasteiger partial charge in [0.15, 0.2) is 0 Å². The van der Waals surface area contributed by atoms with E-state index in [0.29, 0.717) is 12.8 Å². The fourth-order valence-electron chi connectivity index (χ4n) is 1.45. The van der Waals surface area contributed by atoms with Crippen molar-refractivity contribution >= 4 is 0 Å². The molecule has 1 unspecified atom stereocenters. The van der Waals surface area contributed by atoms with E-state index in [4.69, 9.17) is 6.42 Å². The molecule has 1 saturated heterocycles. The smallest absolute Gasteiger partial charge is 0.123 e. The number of rotatable bonds is 1. The molecule has 1 fully saturated rings. The van der Waals surface area contributed by atoms with Crippen molar-refractivity contribution in [2.75, 3.05) is 13.1 Å². The summed E-state index contributed by atoms with van der Waals surface area (Å²) in [7, 11) is 0. The Morgan fingerprint density at radius 2 is 2.27 bits per heavy atom. The van der Waals surface area contributed by atoms with Crippen molar-refractivity contribution in [2.24, 2.45) is 0 Å². The van der Waals surface area contributed by atoms with E-state index in [0.717, 1.165) is 19.5 Å². The molecular weight excluding hydrogens is 141 g/mol. The fourth-order valence-corrected chi connectivity index (χ4v) is 1.45. The summed E-state index contributed by atoms with van der Waals surface area (Å²) in [5.74, 6) is 2.40. The van der Waals surface area contributed by atoms with Crippen LogP contribution in [0.25, 0.3) is 0 Å². The Balaban J connectivity index is 2.46. The maximum atomic E-state index is 13.7. The lowest BCUT2D eigenvalue weighted by atomic mass is 9.94. The lowest BCUT2D eigenvalue weighted by molar-refractivity contribution is 0.151. The van der Waals surface area contributed by atoms with Crippen molar-refractivity contribution < 1.29 is 4.39 Å². The molecular formula is C9H14FN. The Kier molecular flexibility index (Phi) is 2.90. The molecule has 0 aromatic rings. The Bertz CT molecular complexity index is 151. The lowest BCUT2D eigenvalue weighted by Gasteiger charge is -2.19. The van der Waals surface area contributed by atoms with E-state index in [1.807, 2.05) is 0 Å². The van der Waals surface area contributed by atoms with Gasteiger partial charge in [-0.2, -0.15) is 0 Å². The van der Waals surface area contributed by atoms with E-state index in [-0.39, 0.29) is 6.42 Å². The van der Waals surface area contributed by atoms with Gasteiger partial charge in [0.25, 0.3) is 0 Å². The van der Waals surface area contributed by atoms with Gasteiger partial charge in [-0.15, -0.1) is 12.3 Å². The third kappa shape index (κ3) is 2.51. The van der Waals surface area contributed by atoms with Crippen LogP contribution in [-0.2, 0) is 0 Å². The van der Waals surface area contributed by atoms with Crippen molar-refractivity contribution in [3.8, 4) is 12.3 Å². The average Bonchev–Trinajstić information content (AvgIpc) is 2.15. The third-order valence-corrected chi connectivity index (χ3v) is 2.15. The van der Waals surface area contributed by atoms with Crippen LogP contribution in [0, 0.1) is 12.3 Å². The standard InChI is InChI=1S/C9H14FN/c1-2-4-9(10)5-3-7-11-8-6-9/h1,11H,3-8H2. The Morgan fingerprint density at radius 3 is 3.00 bits per heavy atom. The molecule has 1 heterocycles. The summed E-state index contributed by atoms with van der Waals surface area (Å²) in [5, 5.41) is 3.15. The molecule has 1 nitrogen and oxygen atoms in total. The number of hydrogen-bond acceptors (Lipinski definition) is 1. The molecule has 0 aliphatic carbocycles. The van der Waals surface area contributed by atoms with Gasteiger partial charge < -0.3 is 5.32 Å². The van der Waals surface area contributed by atoms with Crippen LogP contribution in [0.1, 0.15) is 25.7 Å². The molecule has 62 valence electrons. The van der Waals surface area contributed by atoms with Gasteiger partial charge in [-0.25, -0.2) is 4.39 Å². The zero-order valence-corrected chi connectivity index (χ0v) is 6.70. The first-order chi connectivity index (χ1) is 5.27. The van der Waals surface area contributed by atoms with Crippen LogP contribution in [0.3, 0.4) is 0 Å². The second-order valence-electron chi connectivity index (χ2n) is 3.14. The first-order valence-electron chi connectivity index (χ1n) is 4.10. The highest BCUT2D eigenvalue weighted by Crippen LogP contribution is 2.27. The number of halogens is 1. The van der Waals surface area contributed by atoms with Gasteiger partial charge in [0, 0.05) is 6.42 Å². The number of alkyl halides is 1. The molecule has 1 aliphatic rings. The van der Waals surface area contributed by atoms with Crippen molar-refractivity contribution in [2.45, 2.75) is 31.4 Å². The molecule has 0 amide bonds. The molecule has 1 aliphatic heterocycles. The number of nitrogens with one attached hydrogen (secondary N) is 1. The summed E-state index contributed by atoms with van der Waals surface area (Å²) >= 11 is 0. The summed E-state index contributed by atoms with van der Waals surface area (Å²) < 4.78 is 13.7. The zero-order valence-electron chi connectivity index (χ0n) is 6.70. The minimum Gasteiger partial charge on any atom is -0.317 e. The van der Waals surface area contributed by atoms with E-state index in [9.17, 15) is 4.39 Å². The number of hydrogen-bond donors (Lipinski definition) is 1. The predicted octanol–water partition coefficient (Wildman–Crippen LogP) is 1.49. The van der Waals surface area contributed by atoms with E-state index in [1.165, 1.54) is 0 Å². The van der Waals surface area contributed by atoms with Crippen LogP contribution in [0.5, 0.6) is 0 Å². The molecule has 2 heteroatoms. The van der Waals surface area contributed by atoms with E-state index < -0.39 is 5.67 Å². The largest absolute Gasteiger partial charge is 0.317 e. The molecule has 0 bridgehead atoms. The van der Waals surface area contributed by atoms with Gasteiger partial charge in [0.2, 0.25) is 0 Å². The summed E-state index contributed by atoms with van der Waals surface area (Å²) in [6.07, 6.45) is 7.44. The molecule has 1 N–H and O–H groups in total. The van der Waals surface area contributed by atoms with Gasteiger partial charge >= 0.3 is 0 Å². The monoisotopic (exact) mass is 155 g/mol. The first kappa shape index (κ1) is 8.55. The van der Waals surface area contributed by atoms with Crippen molar-refractivity contribution in [1.29, 1.82) is 0 Å². The quantitative estimate of drug-likeness (QED) is 0.566. The Labute approximate surface area is 67.4 Å². The van der Waals surface area contributed by atoms with Crippen LogP contribution in [0.4, 0.5) is 4.39 Å². The van der Waals surface area contributed by atoms with Crippen LogP contribution in [0.2, 0.25) is 0 Å². The van der Waals surface area contributed by atoms with Crippen molar-refractivity contribution in [1.82, 2.24) is 5.32 Å². The Hall–Kier alpha value is -0.550. The van der Waals surface area contributed by atoms with Gasteiger partial charge in [-0.05, 0) is 32.4 Å². The molecule has 11 heavy (non-hydrogen) atoms. The maximum Gasteiger partial charge on any atom is 0.123 e. The second kappa shape index (κ2) is 3.73. The fraction of sp³-hybridized carbons (Fsp3) is 0.778. The predicted molar refractivity (Wildman–Crippen MR) is 44.0 cm³/mol. The lowest BCUT2D eigenvalue weighted by Crippen LogP contribution is -2.23. The molecule has 1 atom stereocenters. The normalized spacial score (nSPS) is 32.4. The van der Waals surface area contributed by atoms with E-state index in [1.54, 1.807) is 0 Å². The number of terminal acetylenes is 1. The van der Waals surface area contributed by atoms with Gasteiger partial charge in [-0.3, -0.25) is 0 Å². The maximum absolute atomic E-state index is 13.7. The highest BCUT2D eigenvalue weighted by Gasteiger charge is 2.28. The topological polar surface area (TPSA) is 12.0 Å². The third-order valence-electron chi connectivity index (χ3n) is 2.15. The zero-order chi connectivity index (χ0) is 8.16. The minimum absolute atomic E-state index is 0.272. The summed E-state index contributed by atoms with van der Waals surface area (Å²) in [6, 6.07) is 0. The first-order valence-corrected chi connectivity index (χ1v) is 4.10. The van der Waals surface area contributed by atoms with Gasteiger partial charge in [-0.1, -0.05) is 0 Å². The summed E-state index contributed by atoms with van der Waals surface area (Å²) in [5.41, 5.74) is -1.09. The van der Waals surface area contributed by atoms with E-state index in [2.05, 4.69) is 11.2 Å². The van der Waals surface area contributed by atoms with Crippen molar-refractivity contribution in [3.63, 3.8) is 0 Å². The molecule has 1 rings (SSSR count). The van der Waals surface area contributed by atoms with Crippen LogP contribution in [0.15, 0.2) is 0 Å². The summed E-state index contributed by atoms with van der Waals surface area (Å²) in [4.78, 5) is 0. The molecule has 0 radical (unpaired) electrons. The highest BCUT2D eigenvalue weighted by molar-refractivity contribution is 4.96. The SMILES string of the molecule is C#CCC1(F)CCCNCC1. The van der Waals surface area contributed by atoms with Crippen LogP contribution < -0.4 is 5.32 Å². The van der Waals surface area contributed by atoms with Gasteiger partial charge in [0.1, 0.15) is 5.67 Å². The van der Waals surface area contributed by atoms with Crippen molar-refractivity contribution in [3.05, 3.63) is 0 Å². The average molecular weight is 155 g/mol. The molecule has 0 spiro atoms. The van der Waals surface area contributed by atoms with Crippen LogP contribution in [-0.4, -0.2) is 18.8 Å². The molecule has 0 aromatic carbocycles. The Morgan fingerprint density at radius 1 is 1.45 bits per heavy atom. The van der Waals surface area contributed by atoms with Crippen LogP contribution >= 0.6 is 0 Å². The second-order valence-corrected chi connectivity index (χ2v) is 3.14.